The highest BCUT2D eigenvalue weighted by Crippen LogP contribution is 2.43. The van der Waals surface area contributed by atoms with Crippen molar-refractivity contribution in [2.45, 2.75) is 44.1 Å². The van der Waals surface area contributed by atoms with Gasteiger partial charge in [0.2, 0.25) is 5.91 Å². The maximum absolute atomic E-state index is 12.6. The Morgan fingerprint density at radius 1 is 0.674 bits per heavy atom. The molecule has 0 unspecified atom stereocenters. The van der Waals surface area contributed by atoms with Gasteiger partial charge in [-0.2, -0.15) is 0 Å². The third-order valence-corrected chi connectivity index (χ3v) is 9.45. The number of aromatic nitrogens is 2. The second kappa shape index (κ2) is 11.6. The Kier molecular flexibility index (Phi) is 7.32. The molecule has 0 aliphatic carbocycles. The Hall–Kier alpha value is -4.64. The number of anilines is 2. The summed E-state index contributed by atoms with van der Waals surface area (Å²) in [5.41, 5.74) is 7.71. The molecule has 5 heteroatoms. The van der Waals surface area contributed by atoms with E-state index >= 15 is 0 Å². The second-order valence-corrected chi connectivity index (χ2v) is 11.8. The van der Waals surface area contributed by atoms with E-state index in [1.807, 2.05) is 11.0 Å². The SMILES string of the molecule is Cc1c(C2CCN(c3ccccc3N3CCCC3=O)CC2)ncn1C(c1ccccc1)(c1ccccc1)c1ccccc1. The van der Waals surface area contributed by atoms with Crippen LogP contribution in [0.1, 0.15) is 59.7 Å². The maximum Gasteiger partial charge on any atom is 0.227 e. The molecule has 4 aromatic carbocycles. The molecule has 0 radical (unpaired) electrons. The number of amides is 1. The first-order valence-electron chi connectivity index (χ1n) is 15.5. The Bertz CT molecular complexity index is 1590. The molecule has 0 spiro atoms. The summed E-state index contributed by atoms with van der Waals surface area (Å²) < 4.78 is 2.41. The second-order valence-electron chi connectivity index (χ2n) is 11.8. The first-order chi connectivity index (χ1) is 21.2. The van der Waals surface area contributed by atoms with Crippen molar-refractivity contribution in [3.63, 3.8) is 0 Å². The molecule has 216 valence electrons. The van der Waals surface area contributed by atoms with Crippen LogP contribution < -0.4 is 9.80 Å². The highest BCUT2D eigenvalue weighted by Gasteiger charge is 2.40. The molecule has 0 N–H and O–H groups in total. The molecule has 1 amide bonds. The van der Waals surface area contributed by atoms with Gasteiger partial charge in [0, 0.05) is 37.7 Å². The molecule has 7 rings (SSSR count). The number of nitrogens with zero attached hydrogens (tertiary/aromatic N) is 4. The predicted octanol–water partition coefficient (Wildman–Crippen LogP) is 7.54. The molecule has 3 heterocycles. The van der Waals surface area contributed by atoms with Crippen LogP contribution in [0, 0.1) is 6.92 Å². The van der Waals surface area contributed by atoms with Crippen molar-refractivity contribution in [1.29, 1.82) is 0 Å². The standard InChI is InChI=1S/C38H38N4O/c1-29-37(30-23-26-40(27-24-30)34-20-11-12-21-35(34)41-25-13-22-36(41)43)39-28-42(29)38(31-14-5-2-6-15-31,32-16-7-3-8-17-32)33-18-9-4-10-19-33/h2-12,14-21,28,30H,13,22-27H2,1H3. The molecule has 5 aromatic rings. The minimum absolute atomic E-state index is 0.238. The zero-order valence-electron chi connectivity index (χ0n) is 24.8. The van der Waals surface area contributed by atoms with Crippen molar-refractivity contribution in [2.75, 3.05) is 29.4 Å². The van der Waals surface area contributed by atoms with Crippen LogP contribution in [0.25, 0.3) is 0 Å². The molecular formula is C38H38N4O. The Morgan fingerprint density at radius 3 is 1.70 bits per heavy atom. The third-order valence-electron chi connectivity index (χ3n) is 9.45. The summed E-state index contributed by atoms with van der Waals surface area (Å²) in [5, 5.41) is 0. The van der Waals surface area contributed by atoms with E-state index in [1.54, 1.807) is 0 Å². The lowest BCUT2D eigenvalue weighted by Gasteiger charge is -2.39. The van der Waals surface area contributed by atoms with Crippen molar-refractivity contribution in [1.82, 2.24) is 9.55 Å². The Labute approximate surface area is 254 Å². The summed E-state index contributed by atoms with van der Waals surface area (Å²) in [6, 6.07) is 40.9. The maximum atomic E-state index is 12.6. The van der Waals surface area contributed by atoms with E-state index in [2.05, 4.69) is 132 Å². The van der Waals surface area contributed by atoms with Gasteiger partial charge in [-0.05, 0) is 55.0 Å². The number of rotatable bonds is 7. The molecule has 2 saturated heterocycles. The minimum Gasteiger partial charge on any atom is -0.370 e. The highest BCUT2D eigenvalue weighted by molar-refractivity contribution is 5.98. The summed E-state index contributed by atoms with van der Waals surface area (Å²) in [6.07, 6.45) is 5.70. The van der Waals surface area contributed by atoms with Gasteiger partial charge >= 0.3 is 0 Å². The van der Waals surface area contributed by atoms with Crippen LogP contribution in [-0.2, 0) is 10.3 Å². The van der Waals surface area contributed by atoms with E-state index in [9.17, 15) is 4.79 Å². The molecule has 1 aromatic heterocycles. The minimum atomic E-state index is -0.555. The highest BCUT2D eigenvalue weighted by atomic mass is 16.2. The summed E-state index contributed by atoms with van der Waals surface area (Å²) in [5.74, 6) is 0.611. The van der Waals surface area contributed by atoms with Crippen LogP contribution in [0.4, 0.5) is 11.4 Å². The van der Waals surface area contributed by atoms with Gasteiger partial charge in [0.15, 0.2) is 0 Å². The topological polar surface area (TPSA) is 41.4 Å². The lowest BCUT2D eigenvalue weighted by Crippen LogP contribution is -2.38. The van der Waals surface area contributed by atoms with E-state index in [0.29, 0.717) is 12.3 Å². The van der Waals surface area contributed by atoms with Crippen LogP contribution in [0.3, 0.4) is 0 Å². The number of para-hydroxylation sites is 2. The fraction of sp³-hybridized carbons (Fsp3) is 0.263. The predicted molar refractivity (Wildman–Crippen MR) is 174 cm³/mol. The number of hydrogen-bond acceptors (Lipinski definition) is 3. The van der Waals surface area contributed by atoms with Gasteiger partial charge < -0.3 is 14.4 Å². The number of piperidine rings is 1. The smallest absolute Gasteiger partial charge is 0.227 e. The van der Waals surface area contributed by atoms with Gasteiger partial charge in [-0.25, -0.2) is 4.98 Å². The lowest BCUT2D eigenvalue weighted by molar-refractivity contribution is -0.117. The first kappa shape index (κ1) is 27.2. The number of benzene rings is 4. The van der Waals surface area contributed by atoms with Gasteiger partial charge in [0.25, 0.3) is 0 Å². The van der Waals surface area contributed by atoms with E-state index in [1.165, 1.54) is 33.8 Å². The quantitative estimate of drug-likeness (QED) is 0.191. The van der Waals surface area contributed by atoms with E-state index < -0.39 is 5.54 Å². The summed E-state index contributed by atoms with van der Waals surface area (Å²) in [4.78, 5) is 22.2. The molecule has 0 saturated carbocycles. The Balaban J connectivity index is 1.24. The van der Waals surface area contributed by atoms with Crippen molar-refractivity contribution in [3.05, 3.63) is 150 Å². The monoisotopic (exact) mass is 566 g/mol. The average molecular weight is 567 g/mol. The van der Waals surface area contributed by atoms with Crippen LogP contribution >= 0.6 is 0 Å². The number of carbonyl (C=O) groups is 1. The van der Waals surface area contributed by atoms with E-state index in [-0.39, 0.29) is 5.91 Å². The fourth-order valence-electron chi connectivity index (χ4n) is 7.37. The normalized spacial score (nSPS) is 16.2. The molecule has 2 fully saturated rings. The Morgan fingerprint density at radius 2 is 1.19 bits per heavy atom. The number of hydrogen-bond donors (Lipinski definition) is 0. The first-order valence-corrected chi connectivity index (χ1v) is 15.5. The molecule has 2 aliphatic heterocycles. The number of imidazole rings is 1. The number of carbonyl (C=O) groups excluding carboxylic acids is 1. The zero-order chi connectivity index (χ0) is 29.2. The third kappa shape index (κ3) is 4.73. The summed E-state index contributed by atoms with van der Waals surface area (Å²) in [7, 11) is 0. The lowest BCUT2D eigenvalue weighted by atomic mass is 9.76. The van der Waals surface area contributed by atoms with Crippen LogP contribution in [0.5, 0.6) is 0 Å². The average Bonchev–Trinajstić information content (AvgIpc) is 3.68. The van der Waals surface area contributed by atoms with Crippen LogP contribution in [-0.4, -0.2) is 35.1 Å². The molecule has 0 bridgehead atoms. The van der Waals surface area contributed by atoms with Gasteiger partial charge in [-0.15, -0.1) is 0 Å². The van der Waals surface area contributed by atoms with Gasteiger partial charge in [-0.1, -0.05) is 103 Å². The molecular weight excluding hydrogens is 528 g/mol. The fourth-order valence-corrected chi connectivity index (χ4v) is 7.37. The van der Waals surface area contributed by atoms with Crippen LogP contribution in [0.15, 0.2) is 122 Å². The molecule has 0 atom stereocenters. The largest absolute Gasteiger partial charge is 0.370 e. The molecule has 2 aliphatic rings. The summed E-state index contributed by atoms with van der Waals surface area (Å²) >= 11 is 0. The molecule has 5 nitrogen and oxygen atoms in total. The van der Waals surface area contributed by atoms with Gasteiger partial charge in [-0.3, -0.25) is 4.79 Å². The van der Waals surface area contributed by atoms with Crippen molar-refractivity contribution in [2.24, 2.45) is 0 Å². The summed E-state index contributed by atoms with van der Waals surface area (Å²) in [6.45, 7) is 4.94. The van der Waals surface area contributed by atoms with Crippen molar-refractivity contribution in [3.8, 4) is 0 Å². The van der Waals surface area contributed by atoms with Crippen molar-refractivity contribution < 1.29 is 4.79 Å². The van der Waals surface area contributed by atoms with Crippen LogP contribution in [0.2, 0.25) is 0 Å². The van der Waals surface area contributed by atoms with E-state index in [0.717, 1.165) is 44.6 Å². The van der Waals surface area contributed by atoms with E-state index in [4.69, 9.17) is 4.98 Å². The molecule has 43 heavy (non-hydrogen) atoms. The van der Waals surface area contributed by atoms with Gasteiger partial charge in [0.05, 0.1) is 23.4 Å². The van der Waals surface area contributed by atoms with Crippen molar-refractivity contribution >= 4 is 17.3 Å². The van der Waals surface area contributed by atoms with Gasteiger partial charge in [0.1, 0.15) is 5.54 Å². The zero-order valence-corrected chi connectivity index (χ0v) is 24.8.